The van der Waals surface area contributed by atoms with E-state index in [1.165, 1.54) is 0 Å². The van der Waals surface area contributed by atoms with E-state index in [2.05, 4.69) is 4.90 Å². The molecular weight excluding hydrogens is 198 g/mol. The largest absolute Gasteiger partial charge is 0.481 e. The van der Waals surface area contributed by atoms with Crippen LogP contribution in [0.3, 0.4) is 0 Å². The van der Waals surface area contributed by atoms with E-state index in [1.807, 2.05) is 7.05 Å². The Labute approximate surface area is 88.7 Å². The lowest BCUT2D eigenvalue weighted by atomic mass is 9.85. The van der Waals surface area contributed by atoms with Gasteiger partial charge in [-0.1, -0.05) is 0 Å². The van der Waals surface area contributed by atoms with Crippen molar-refractivity contribution in [2.75, 3.05) is 20.1 Å². The number of hydrogen-bond acceptors (Lipinski definition) is 3. The van der Waals surface area contributed by atoms with Gasteiger partial charge in [-0.3, -0.25) is 9.59 Å². The second kappa shape index (κ2) is 5.11. The van der Waals surface area contributed by atoms with Crippen LogP contribution >= 0.6 is 0 Å². The van der Waals surface area contributed by atoms with Crippen LogP contribution in [0.4, 0.5) is 0 Å². The highest BCUT2D eigenvalue weighted by atomic mass is 16.4. The first-order valence-electron chi connectivity index (χ1n) is 5.14. The molecule has 0 amide bonds. The summed E-state index contributed by atoms with van der Waals surface area (Å²) in [6, 6.07) is 0. The zero-order valence-electron chi connectivity index (χ0n) is 8.85. The van der Waals surface area contributed by atoms with E-state index in [4.69, 9.17) is 10.2 Å². The predicted octanol–water partition coefficient (Wildman–Crippen LogP) is 0.504. The second-order valence-corrected chi connectivity index (χ2v) is 4.18. The maximum absolute atomic E-state index is 11.0. The summed E-state index contributed by atoms with van der Waals surface area (Å²) < 4.78 is 0. The molecule has 0 spiro atoms. The lowest BCUT2D eigenvalue weighted by Crippen LogP contribution is -2.25. The number of carboxylic acid groups (broad SMARTS) is 2. The third kappa shape index (κ3) is 3.51. The Kier molecular flexibility index (Phi) is 4.08. The van der Waals surface area contributed by atoms with E-state index in [0.29, 0.717) is 12.8 Å². The lowest BCUT2D eigenvalue weighted by molar-refractivity contribution is -0.145. The Balaban J connectivity index is 2.68. The van der Waals surface area contributed by atoms with Crippen LogP contribution < -0.4 is 0 Å². The van der Waals surface area contributed by atoms with Crippen molar-refractivity contribution in [2.24, 2.45) is 11.8 Å². The Morgan fingerprint density at radius 2 is 1.87 bits per heavy atom. The molecule has 0 aromatic carbocycles. The third-order valence-electron chi connectivity index (χ3n) is 3.03. The fourth-order valence-corrected chi connectivity index (χ4v) is 2.09. The van der Waals surface area contributed by atoms with Crippen molar-refractivity contribution in [1.82, 2.24) is 4.90 Å². The molecule has 0 radical (unpaired) electrons. The quantitative estimate of drug-likeness (QED) is 0.717. The van der Waals surface area contributed by atoms with Gasteiger partial charge in [0.1, 0.15) is 0 Å². The molecule has 0 aliphatic carbocycles. The van der Waals surface area contributed by atoms with Gasteiger partial charge in [-0.05, 0) is 38.9 Å². The molecule has 2 atom stereocenters. The molecule has 1 aliphatic rings. The van der Waals surface area contributed by atoms with Crippen molar-refractivity contribution in [3.05, 3.63) is 0 Å². The number of carbonyl (C=O) groups is 2. The standard InChI is InChI=1S/C10H17NO4/c1-11-4-2-7(6-9(12)13)8(3-5-11)10(14)15/h7-8H,2-6H2,1H3,(H,12,13)(H,14,15). The minimum absolute atomic E-state index is 0.0369. The molecule has 1 rings (SSSR count). The highest BCUT2D eigenvalue weighted by molar-refractivity contribution is 5.73. The molecule has 2 N–H and O–H groups in total. The molecule has 1 aliphatic heterocycles. The highest BCUT2D eigenvalue weighted by Gasteiger charge is 2.31. The van der Waals surface area contributed by atoms with Crippen molar-refractivity contribution in [2.45, 2.75) is 19.3 Å². The van der Waals surface area contributed by atoms with Gasteiger partial charge in [0, 0.05) is 6.42 Å². The monoisotopic (exact) mass is 215 g/mol. The molecule has 1 saturated heterocycles. The van der Waals surface area contributed by atoms with Gasteiger partial charge in [-0.2, -0.15) is 0 Å². The number of carboxylic acids is 2. The molecule has 5 nitrogen and oxygen atoms in total. The summed E-state index contributed by atoms with van der Waals surface area (Å²) in [6.45, 7) is 1.51. The van der Waals surface area contributed by atoms with Crippen molar-refractivity contribution >= 4 is 11.9 Å². The van der Waals surface area contributed by atoms with Crippen molar-refractivity contribution in [3.63, 3.8) is 0 Å². The molecule has 5 heteroatoms. The minimum Gasteiger partial charge on any atom is -0.481 e. The van der Waals surface area contributed by atoms with Crippen molar-refractivity contribution in [3.8, 4) is 0 Å². The molecule has 0 aromatic heterocycles. The number of hydrogen-bond donors (Lipinski definition) is 2. The van der Waals surface area contributed by atoms with E-state index in [1.54, 1.807) is 0 Å². The molecule has 0 aromatic rings. The van der Waals surface area contributed by atoms with E-state index in [9.17, 15) is 9.59 Å². The second-order valence-electron chi connectivity index (χ2n) is 4.18. The van der Waals surface area contributed by atoms with Crippen LogP contribution in [0.5, 0.6) is 0 Å². The summed E-state index contributed by atoms with van der Waals surface area (Å²) in [6.07, 6.45) is 1.16. The lowest BCUT2D eigenvalue weighted by Gasteiger charge is -2.18. The van der Waals surface area contributed by atoms with Gasteiger partial charge in [0.05, 0.1) is 5.92 Å². The Morgan fingerprint density at radius 1 is 1.27 bits per heavy atom. The summed E-state index contributed by atoms with van der Waals surface area (Å²) in [5, 5.41) is 17.7. The number of rotatable bonds is 3. The maximum Gasteiger partial charge on any atom is 0.306 e. The van der Waals surface area contributed by atoms with Crippen molar-refractivity contribution in [1.29, 1.82) is 0 Å². The highest BCUT2D eigenvalue weighted by Crippen LogP contribution is 2.26. The first-order chi connectivity index (χ1) is 7.00. The fraction of sp³-hybridized carbons (Fsp3) is 0.800. The summed E-state index contributed by atoms with van der Waals surface area (Å²) >= 11 is 0. The third-order valence-corrected chi connectivity index (χ3v) is 3.03. The summed E-state index contributed by atoms with van der Waals surface area (Å²) in [5.41, 5.74) is 0. The Bertz CT molecular complexity index is 254. The van der Waals surface area contributed by atoms with E-state index < -0.39 is 17.9 Å². The average Bonchev–Trinajstić information content (AvgIpc) is 2.28. The zero-order valence-corrected chi connectivity index (χ0v) is 8.85. The SMILES string of the molecule is CN1CCC(CC(=O)O)C(C(=O)O)CC1. The van der Waals surface area contributed by atoms with Crippen LogP contribution in [0.1, 0.15) is 19.3 Å². The van der Waals surface area contributed by atoms with Crippen LogP contribution in [-0.4, -0.2) is 47.2 Å². The topological polar surface area (TPSA) is 77.8 Å². The van der Waals surface area contributed by atoms with Crippen LogP contribution in [0, 0.1) is 11.8 Å². The van der Waals surface area contributed by atoms with Crippen LogP contribution in [0.15, 0.2) is 0 Å². The minimum atomic E-state index is -0.907. The van der Waals surface area contributed by atoms with E-state index >= 15 is 0 Å². The molecule has 1 heterocycles. The molecular formula is C10H17NO4. The normalized spacial score (nSPS) is 28.3. The van der Waals surface area contributed by atoms with Crippen LogP contribution in [0.25, 0.3) is 0 Å². The molecule has 0 saturated carbocycles. The number of likely N-dealkylation sites (tertiary alicyclic amines) is 1. The van der Waals surface area contributed by atoms with Gasteiger partial charge in [0.15, 0.2) is 0 Å². The summed E-state index contributed by atoms with van der Waals surface area (Å²) in [7, 11) is 1.93. The number of nitrogens with zero attached hydrogens (tertiary/aromatic N) is 1. The molecule has 0 bridgehead atoms. The first kappa shape index (κ1) is 12.0. The molecule has 15 heavy (non-hydrogen) atoms. The number of aliphatic carboxylic acids is 2. The predicted molar refractivity (Wildman–Crippen MR) is 53.6 cm³/mol. The van der Waals surface area contributed by atoms with Gasteiger partial charge in [0.2, 0.25) is 0 Å². The summed E-state index contributed by atoms with van der Waals surface area (Å²) in [5.74, 6) is -2.51. The van der Waals surface area contributed by atoms with Gasteiger partial charge in [-0.25, -0.2) is 0 Å². The van der Waals surface area contributed by atoms with Gasteiger partial charge >= 0.3 is 11.9 Å². The van der Waals surface area contributed by atoms with Crippen LogP contribution in [0.2, 0.25) is 0 Å². The Morgan fingerprint density at radius 3 is 2.40 bits per heavy atom. The maximum atomic E-state index is 11.0. The average molecular weight is 215 g/mol. The van der Waals surface area contributed by atoms with Gasteiger partial charge in [-0.15, -0.1) is 0 Å². The van der Waals surface area contributed by atoms with E-state index in [-0.39, 0.29) is 12.3 Å². The smallest absolute Gasteiger partial charge is 0.306 e. The first-order valence-corrected chi connectivity index (χ1v) is 5.14. The van der Waals surface area contributed by atoms with Crippen LogP contribution in [-0.2, 0) is 9.59 Å². The van der Waals surface area contributed by atoms with Gasteiger partial charge < -0.3 is 15.1 Å². The zero-order chi connectivity index (χ0) is 11.4. The Hall–Kier alpha value is -1.10. The molecule has 1 fully saturated rings. The fourth-order valence-electron chi connectivity index (χ4n) is 2.09. The van der Waals surface area contributed by atoms with Crippen molar-refractivity contribution < 1.29 is 19.8 Å². The van der Waals surface area contributed by atoms with E-state index in [0.717, 1.165) is 13.1 Å². The van der Waals surface area contributed by atoms with Gasteiger partial charge in [0.25, 0.3) is 0 Å². The molecule has 2 unspecified atom stereocenters. The summed E-state index contributed by atoms with van der Waals surface area (Å²) in [4.78, 5) is 23.7. The molecule has 86 valence electrons.